The van der Waals surface area contributed by atoms with Crippen molar-refractivity contribution in [2.24, 2.45) is 0 Å². The zero-order valence-corrected chi connectivity index (χ0v) is 12.0. The Morgan fingerprint density at radius 3 is 3.00 bits per heavy atom. The molecule has 1 aromatic carbocycles. The Kier molecular flexibility index (Phi) is 4.04. The standard InChI is InChI=1S/C12H11BrClN3O/c1-8-5-9(13)11(6-10(8)14)16-12(18)7-17-4-2-3-15-17/h2-6H,7H2,1H3,(H,16,18). The van der Waals surface area contributed by atoms with Gasteiger partial charge in [0.25, 0.3) is 0 Å². The number of aromatic nitrogens is 2. The molecular weight excluding hydrogens is 318 g/mol. The van der Waals surface area contributed by atoms with Crippen LogP contribution in [0.5, 0.6) is 0 Å². The van der Waals surface area contributed by atoms with Crippen LogP contribution >= 0.6 is 27.5 Å². The van der Waals surface area contributed by atoms with E-state index >= 15 is 0 Å². The molecule has 0 spiro atoms. The Hall–Kier alpha value is -1.33. The first-order chi connectivity index (χ1) is 8.56. The third-order valence-electron chi connectivity index (χ3n) is 2.39. The summed E-state index contributed by atoms with van der Waals surface area (Å²) in [4.78, 5) is 11.8. The summed E-state index contributed by atoms with van der Waals surface area (Å²) in [6, 6.07) is 5.36. The van der Waals surface area contributed by atoms with Crippen LogP contribution in [0.4, 0.5) is 5.69 Å². The fraction of sp³-hybridized carbons (Fsp3) is 0.167. The number of anilines is 1. The van der Waals surface area contributed by atoms with Gasteiger partial charge in [-0.1, -0.05) is 11.6 Å². The summed E-state index contributed by atoms with van der Waals surface area (Å²) in [5.41, 5.74) is 1.61. The van der Waals surface area contributed by atoms with Crippen molar-refractivity contribution in [1.82, 2.24) is 9.78 Å². The fourth-order valence-electron chi connectivity index (χ4n) is 1.47. The van der Waals surface area contributed by atoms with E-state index in [0.29, 0.717) is 10.7 Å². The van der Waals surface area contributed by atoms with Gasteiger partial charge >= 0.3 is 0 Å². The van der Waals surface area contributed by atoms with Gasteiger partial charge in [-0.25, -0.2) is 0 Å². The molecule has 0 aliphatic heterocycles. The highest BCUT2D eigenvalue weighted by molar-refractivity contribution is 9.10. The Labute approximate surface area is 118 Å². The molecule has 0 aliphatic rings. The maximum Gasteiger partial charge on any atom is 0.246 e. The van der Waals surface area contributed by atoms with E-state index in [0.717, 1.165) is 10.0 Å². The molecule has 2 rings (SSSR count). The van der Waals surface area contributed by atoms with Crippen molar-refractivity contribution in [1.29, 1.82) is 0 Å². The number of nitrogens with zero attached hydrogens (tertiary/aromatic N) is 2. The van der Waals surface area contributed by atoms with Crippen LogP contribution in [-0.2, 0) is 11.3 Å². The van der Waals surface area contributed by atoms with Gasteiger partial charge in [0.05, 0.1) is 5.69 Å². The fourth-order valence-corrected chi connectivity index (χ4v) is 2.19. The van der Waals surface area contributed by atoms with E-state index in [2.05, 4.69) is 26.3 Å². The number of benzene rings is 1. The summed E-state index contributed by atoms with van der Waals surface area (Å²) >= 11 is 9.41. The SMILES string of the molecule is Cc1cc(Br)c(NC(=O)Cn2cccn2)cc1Cl. The highest BCUT2D eigenvalue weighted by atomic mass is 79.9. The summed E-state index contributed by atoms with van der Waals surface area (Å²) in [5.74, 6) is -0.153. The topological polar surface area (TPSA) is 46.9 Å². The summed E-state index contributed by atoms with van der Waals surface area (Å²) in [5, 5.41) is 7.37. The molecule has 0 saturated carbocycles. The first-order valence-corrected chi connectivity index (χ1v) is 6.46. The summed E-state index contributed by atoms with van der Waals surface area (Å²) in [6.07, 6.45) is 3.36. The molecule has 1 aromatic heterocycles. The summed E-state index contributed by atoms with van der Waals surface area (Å²) < 4.78 is 2.36. The smallest absolute Gasteiger partial charge is 0.246 e. The lowest BCUT2D eigenvalue weighted by Gasteiger charge is -2.09. The molecule has 0 atom stereocenters. The lowest BCUT2D eigenvalue weighted by Crippen LogP contribution is -2.19. The van der Waals surface area contributed by atoms with Gasteiger partial charge < -0.3 is 5.32 Å². The highest BCUT2D eigenvalue weighted by Crippen LogP contribution is 2.29. The molecule has 2 aromatic rings. The van der Waals surface area contributed by atoms with Crippen LogP contribution in [0.25, 0.3) is 0 Å². The average molecular weight is 329 g/mol. The van der Waals surface area contributed by atoms with Gasteiger partial charge in [0, 0.05) is 21.9 Å². The van der Waals surface area contributed by atoms with Crippen molar-refractivity contribution in [3.63, 3.8) is 0 Å². The predicted molar refractivity (Wildman–Crippen MR) is 74.7 cm³/mol. The van der Waals surface area contributed by atoms with Crippen molar-refractivity contribution >= 4 is 39.1 Å². The van der Waals surface area contributed by atoms with E-state index in [1.54, 1.807) is 29.2 Å². The molecule has 0 aliphatic carbocycles. The summed E-state index contributed by atoms with van der Waals surface area (Å²) in [7, 11) is 0. The Morgan fingerprint density at radius 1 is 1.56 bits per heavy atom. The number of rotatable bonds is 3. The number of amides is 1. The minimum Gasteiger partial charge on any atom is -0.323 e. The Morgan fingerprint density at radius 2 is 2.33 bits per heavy atom. The van der Waals surface area contributed by atoms with E-state index in [4.69, 9.17) is 11.6 Å². The second kappa shape index (κ2) is 5.54. The number of hydrogen-bond donors (Lipinski definition) is 1. The number of nitrogens with one attached hydrogen (secondary N) is 1. The van der Waals surface area contributed by atoms with E-state index < -0.39 is 0 Å². The monoisotopic (exact) mass is 327 g/mol. The molecule has 0 unspecified atom stereocenters. The number of aryl methyl sites for hydroxylation is 1. The minimum atomic E-state index is -0.153. The predicted octanol–water partition coefficient (Wildman–Crippen LogP) is 3.25. The van der Waals surface area contributed by atoms with E-state index in [-0.39, 0.29) is 12.5 Å². The second-order valence-corrected chi connectivity index (χ2v) is 5.09. The first-order valence-electron chi connectivity index (χ1n) is 5.29. The molecule has 4 nitrogen and oxygen atoms in total. The molecule has 94 valence electrons. The number of halogens is 2. The number of carbonyl (C=O) groups is 1. The van der Waals surface area contributed by atoms with Crippen molar-refractivity contribution in [2.45, 2.75) is 13.5 Å². The van der Waals surface area contributed by atoms with Gasteiger partial charge in [0.2, 0.25) is 5.91 Å². The second-order valence-electron chi connectivity index (χ2n) is 3.83. The van der Waals surface area contributed by atoms with Gasteiger partial charge in [-0.2, -0.15) is 5.10 Å². The first kappa shape index (κ1) is 13.1. The van der Waals surface area contributed by atoms with E-state index in [9.17, 15) is 4.79 Å². The van der Waals surface area contributed by atoms with E-state index in [1.165, 1.54) is 0 Å². The van der Waals surface area contributed by atoms with Gasteiger partial charge in [-0.3, -0.25) is 9.48 Å². The van der Waals surface area contributed by atoms with Gasteiger partial charge in [-0.05, 0) is 46.6 Å². The largest absolute Gasteiger partial charge is 0.323 e. The van der Waals surface area contributed by atoms with Crippen LogP contribution in [-0.4, -0.2) is 15.7 Å². The highest BCUT2D eigenvalue weighted by Gasteiger charge is 2.08. The van der Waals surface area contributed by atoms with Crippen LogP contribution in [0.15, 0.2) is 35.1 Å². The van der Waals surface area contributed by atoms with Crippen LogP contribution in [0.2, 0.25) is 5.02 Å². The lowest BCUT2D eigenvalue weighted by atomic mass is 10.2. The molecule has 1 amide bonds. The number of hydrogen-bond acceptors (Lipinski definition) is 2. The van der Waals surface area contributed by atoms with Crippen molar-refractivity contribution in [2.75, 3.05) is 5.32 Å². The Bertz CT molecular complexity index is 569. The zero-order valence-electron chi connectivity index (χ0n) is 9.65. The molecule has 0 bridgehead atoms. The van der Waals surface area contributed by atoms with Crippen LogP contribution < -0.4 is 5.32 Å². The molecule has 0 fully saturated rings. The van der Waals surface area contributed by atoms with Crippen molar-refractivity contribution in [3.05, 3.63) is 45.7 Å². The van der Waals surface area contributed by atoms with Crippen LogP contribution in [0, 0.1) is 6.92 Å². The molecule has 1 heterocycles. The molecule has 18 heavy (non-hydrogen) atoms. The molecule has 1 N–H and O–H groups in total. The average Bonchev–Trinajstić information content (AvgIpc) is 2.78. The Balaban J connectivity index is 2.09. The van der Waals surface area contributed by atoms with Crippen LogP contribution in [0.1, 0.15) is 5.56 Å². The van der Waals surface area contributed by atoms with Crippen LogP contribution in [0.3, 0.4) is 0 Å². The third kappa shape index (κ3) is 3.11. The number of carbonyl (C=O) groups excluding carboxylic acids is 1. The maximum atomic E-state index is 11.8. The summed E-state index contributed by atoms with van der Waals surface area (Å²) in [6.45, 7) is 2.08. The lowest BCUT2D eigenvalue weighted by molar-refractivity contribution is -0.116. The third-order valence-corrected chi connectivity index (χ3v) is 3.45. The maximum absolute atomic E-state index is 11.8. The molecule has 6 heteroatoms. The zero-order chi connectivity index (χ0) is 13.1. The molecule has 0 saturated heterocycles. The van der Waals surface area contributed by atoms with E-state index in [1.807, 2.05) is 13.0 Å². The van der Waals surface area contributed by atoms with Gasteiger partial charge in [0.15, 0.2) is 0 Å². The quantitative estimate of drug-likeness (QED) is 0.940. The van der Waals surface area contributed by atoms with Gasteiger partial charge in [-0.15, -0.1) is 0 Å². The molecular formula is C12H11BrClN3O. The molecule has 0 radical (unpaired) electrons. The van der Waals surface area contributed by atoms with Gasteiger partial charge in [0.1, 0.15) is 6.54 Å². The van der Waals surface area contributed by atoms with Crippen molar-refractivity contribution < 1.29 is 4.79 Å². The minimum absolute atomic E-state index is 0.153. The normalized spacial score (nSPS) is 10.4. The van der Waals surface area contributed by atoms with Crippen molar-refractivity contribution in [3.8, 4) is 0 Å².